The minimum Gasteiger partial charge on any atom is -0.547 e. The summed E-state index contributed by atoms with van der Waals surface area (Å²) in [5.41, 5.74) is 0. The van der Waals surface area contributed by atoms with E-state index in [0.29, 0.717) is 0 Å². The Morgan fingerprint density at radius 1 is 1.60 bits per heavy atom. The second kappa shape index (κ2) is 4.52. The number of hydrogen-bond acceptors (Lipinski definition) is 4. The predicted octanol–water partition coefficient (Wildman–Crippen LogP) is -4.32. The summed E-state index contributed by atoms with van der Waals surface area (Å²) in [4.78, 5) is 9.81. The molecular weight excluding hydrogens is 166 g/mol. The summed E-state index contributed by atoms with van der Waals surface area (Å²) in [6, 6.07) is 0. The van der Waals surface area contributed by atoms with Gasteiger partial charge in [0.15, 0.2) is 0 Å². The molecule has 6 heteroatoms. The molecule has 1 unspecified atom stereocenters. The molecule has 0 amide bonds. The van der Waals surface area contributed by atoms with Crippen LogP contribution in [0.1, 0.15) is 0 Å². The minimum atomic E-state index is -2.92. The van der Waals surface area contributed by atoms with Gasteiger partial charge in [0.2, 0.25) is 0 Å². The molecule has 0 saturated carbocycles. The topological polar surface area (TPSA) is 77.4 Å². The molecule has 0 aliphatic carbocycles. The van der Waals surface area contributed by atoms with Crippen molar-refractivity contribution in [2.24, 2.45) is 0 Å². The van der Waals surface area contributed by atoms with Crippen molar-refractivity contribution in [2.75, 3.05) is 13.3 Å². The average molecular weight is 174 g/mol. The number of hydrogen-bond donors (Lipinski definition) is 1. The fourth-order valence-corrected chi connectivity index (χ4v) is 0.762. The van der Waals surface area contributed by atoms with Crippen LogP contribution in [0.25, 0.3) is 0 Å². The SMILES string of the molecule is CP(C)(=O)C(O)C(=O)[O-].[Na+]. The molecule has 0 spiro atoms. The molecule has 0 aromatic heterocycles. The molecule has 0 aromatic carbocycles. The van der Waals surface area contributed by atoms with Crippen LogP contribution in [0.3, 0.4) is 0 Å². The number of carbonyl (C=O) groups excluding carboxylic acids is 1. The summed E-state index contributed by atoms with van der Waals surface area (Å²) < 4.78 is 10.7. The number of aliphatic carboxylic acids is 1. The van der Waals surface area contributed by atoms with Gasteiger partial charge in [-0.2, -0.15) is 0 Å². The first-order valence-corrected chi connectivity index (χ1v) is 4.96. The third-order valence-electron chi connectivity index (χ3n) is 0.800. The van der Waals surface area contributed by atoms with Crippen LogP contribution in [0.4, 0.5) is 0 Å². The zero-order valence-electron chi connectivity index (χ0n) is 6.20. The predicted molar refractivity (Wildman–Crippen MR) is 30.5 cm³/mol. The van der Waals surface area contributed by atoms with Crippen LogP contribution < -0.4 is 34.7 Å². The molecule has 10 heavy (non-hydrogen) atoms. The van der Waals surface area contributed by atoms with E-state index in [1.165, 1.54) is 13.3 Å². The Hall–Kier alpha value is 0.660. The van der Waals surface area contributed by atoms with Crippen molar-refractivity contribution >= 4 is 13.1 Å². The molecule has 0 aromatic rings. The Kier molecular flexibility index (Phi) is 6.00. The summed E-state index contributed by atoms with van der Waals surface area (Å²) in [6.07, 6.45) is 0. The van der Waals surface area contributed by atoms with Gasteiger partial charge in [-0.25, -0.2) is 0 Å². The van der Waals surface area contributed by atoms with Crippen LogP contribution in [-0.4, -0.2) is 30.3 Å². The van der Waals surface area contributed by atoms with Crippen molar-refractivity contribution in [1.29, 1.82) is 0 Å². The Morgan fingerprint density at radius 3 is 1.90 bits per heavy atom. The Morgan fingerprint density at radius 2 is 1.90 bits per heavy atom. The van der Waals surface area contributed by atoms with E-state index in [9.17, 15) is 14.5 Å². The molecule has 0 aliphatic rings. The van der Waals surface area contributed by atoms with Crippen molar-refractivity contribution in [3.63, 3.8) is 0 Å². The fraction of sp³-hybridized carbons (Fsp3) is 0.750. The van der Waals surface area contributed by atoms with E-state index in [2.05, 4.69) is 0 Å². The summed E-state index contributed by atoms with van der Waals surface area (Å²) in [7, 11) is -2.92. The Balaban J connectivity index is 0. The van der Waals surface area contributed by atoms with E-state index in [-0.39, 0.29) is 29.6 Å². The number of aliphatic hydroxyl groups is 1. The quantitative estimate of drug-likeness (QED) is 0.339. The average Bonchev–Trinajstić information content (AvgIpc) is 1.62. The molecule has 0 heterocycles. The fourth-order valence-electron chi connectivity index (χ4n) is 0.254. The number of carboxylic acid groups (broad SMARTS) is 1. The smallest absolute Gasteiger partial charge is 0.547 e. The van der Waals surface area contributed by atoms with Gasteiger partial charge in [0.05, 0.1) is 5.97 Å². The molecule has 0 saturated heterocycles. The van der Waals surface area contributed by atoms with Gasteiger partial charge in [-0.05, 0) is 13.3 Å². The normalized spacial score (nSPS) is 13.5. The van der Waals surface area contributed by atoms with Gasteiger partial charge in [-0.15, -0.1) is 0 Å². The van der Waals surface area contributed by atoms with Gasteiger partial charge in [0.1, 0.15) is 13.0 Å². The molecule has 1 atom stereocenters. The molecule has 0 bridgehead atoms. The monoisotopic (exact) mass is 174 g/mol. The summed E-state index contributed by atoms with van der Waals surface area (Å²) in [5, 5.41) is 18.4. The van der Waals surface area contributed by atoms with E-state index in [1.807, 2.05) is 0 Å². The number of rotatable bonds is 2. The van der Waals surface area contributed by atoms with Crippen LogP contribution in [-0.2, 0) is 9.36 Å². The summed E-state index contributed by atoms with van der Waals surface area (Å²) in [5.74, 6) is -3.50. The first kappa shape index (κ1) is 13.3. The maximum Gasteiger partial charge on any atom is 1.00 e. The Bertz CT molecular complexity index is 163. The van der Waals surface area contributed by atoms with Crippen LogP contribution in [0, 0.1) is 0 Å². The van der Waals surface area contributed by atoms with Crippen LogP contribution in [0.5, 0.6) is 0 Å². The molecule has 54 valence electrons. The van der Waals surface area contributed by atoms with Crippen LogP contribution in [0.2, 0.25) is 0 Å². The van der Waals surface area contributed by atoms with E-state index in [1.54, 1.807) is 0 Å². The molecule has 0 radical (unpaired) electrons. The van der Waals surface area contributed by atoms with Gasteiger partial charge in [-0.3, -0.25) is 0 Å². The standard InChI is InChI=1S/C4H9O4P.Na/c1-9(2,8)4(7)3(5)6;/h4,7H,1-2H3,(H,5,6);/q;+1/p-1. The van der Waals surface area contributed by atoms with E-state index < -0.39 is 19.0 Å². The van der Waals surface area contributed by atoms with E-state index >= 15 is 0 Å². The molecular formula is C4H8NaO4P. The van der Waals surface area contributed by atoms with Gasteiger partial charge in [-0.1, -0.05) is 0 Å². The second-order valence-corrected chi connectivity index (χ2v) is 5.48. The molecule has 1 N–H and O–H groups in total. The number of carboxylic acids is 1. The maximum absolute atomic E-state index is 10.7. The van der Waals surface area contributed by atoms with Gasteiger partial charge in [0, 0.05) is 0 Å². The van der Waals surface area contributed by atoms with Gasteiger partial charge < -0.3 is 19.6 Å². The van der Waals surface area contributed by atoms with Crippen LogP contribution >= 0.6 is 7.14 Å². The first-order chi connectivity index (χ1) is 3.85. The van der Waals surface area contributed by atoms with Gasteiger partial charge in [0.25, 0.3) is 0 Å². The zero-order chi connectivity index (χ0) is 7.65. The first-order valence-electron chi connectivity index (χ1n) is 2.29. The Labute approximate surface area is 81.3 Å². The molecule has 0 fully saturated rings. The third kappa shape index (κ3) is 4.47. The molecule has 0 rings (SSSR count). The largest absolute Gasteiger partial charge is 1.00 e. The van der Waals surface area contributed by atoms with Crippen molar-refractivity contribution in [1.82, 2.24) is 0 Å². The van der Waals surface area contributed by atoms with E-state index in [4.69, 9.17) is 5.11 Å². The van der Waals surface area contributed by atoms with Crippen molar-refractivity contribution < 1.29 is 49.1 Å². The molecule has 0 aliphatic heterocycles. The third-order valence-corrected chi connectivity index (χ3v) is 2.19. The summed E-state index contributed by atoms with van der Waals surface area (Å²) in [6.45, 7) is 2.38. The number of aliphatic hydroxyl groups excluding tert-OH is 1. The number of carbonyl (C=O) groups is 1. The maximum atomic E-state index is 10.7. The van der Waals surface area contributed by atoms with Crippen molar-refractivity contribution in [3.05, 3.63) is 0 Å². The second-order valence-electron chi connectivity index (χ2n) is 2.13. The zero-order valence-corrected chi connectivity index (χ0v) is 9.09. The van der Waals surface area contributed by atoms with Gasteiger partial charge >= 0.3 is 29.6 Å². The van der Waals surface area contributed by atoms with Crippen molar-refractivity contribution in [2.45, 2.75) is 5.85 Å². The minimum absolute atomic E-state index is 0. The van der Waals surface area contributed by atoms with Crippen molar-refractivity contribution in [3.8, 4) is 0 Å². The summed E-state index contributed by atoms with van der Waals surface area (Å²) >= 11 is 0. The van der Waals surface area contributed by atoms with Crippen LogP contribution in [0.15, 0.2) is 0 Å². The molecule has 4 nitrogen and oxygen atoms in total. The van der Waals surface area contributed by atoms with E-state index in [0.717, 1.165) is 0 Å².